The van der Waals surface area contributed by atoms with Gasteiger partial charge < -0.3 is 5.32 Å². The van der Waals surface area contributed by atoms with E-state index in [-0.39, 0.29) is 0 Å². The maximum Gasteiger partial charge on any atom is 0.108 e. The molecular formula is C4H4N2S. The van der Waals surface area contributed by atoms with Gasteiger partial charge in [-0.2, -0.15) is 5.26 Å². The van der Waals surface area contributed by atoms with Crippen molar-refractivity contribution >= 4 is 11.8 Å². The van der Waals surface area contributed by atoms with Gasteiger partial charge in [0.05, 0.1) is 5.88 Å². The van der Waals surface area contributed by atoms with Gasteiger partial charge in [-0.1, -0.05) is 11.8 Å². The molecule has 1 aliphatic heterocycles. The number of nitrogens with one attached hydrogen (secondary N) is 1. The van der Waals surface area contributed by atoms with Crippen molar-refractivity contribution < 1.29 is 0 Å². The second-order valence-electron chi connectivity index (χ2n) is 1.11. The molecule has 3 heteroatoms. The van der Waals surface area contributed by atoms with Gasteiger partial charge in [0.15, 0.2) is 0 Å². The van der Waals surface area contributed by atoms with E-state index in [0.717, 1.165) is 10.8 Å². The minimum Gasteiger partial charge on any atom is -0.380 e. The molecule has 7 heavy (non-hydrogen) atoms. The van der Waals surface area contributed by atoms with Gasteiger partial charge in [-0.15, -0.1) is 0 Å². The van der Waals surface area contributed by atoms with Gasteiger partial charge in [0.1, 0.15) is 11.0 Å². The first-order valence-corrected chi connectivity index (χ1v) is 2.88. The lowest BCUT2D eigenvalue weighted by Gasteiger charge is -1.78. The zero-order valence-corrected chi connectivity index (χ0v) is 4.46. The molecule has 1 rings (SSSR count). The summed E-state index contributed by atoms with van der Waals surface area (Å²) >= 11 is 1.53. The quantitative estimate of drug-likeness (QED) is 0.499. The standard InChI is InChI=1S/C4H4N2S/c5-1-4-2-6-3-7-4/h2,6H,3H2. The second-order valence-corrected chi connectivity index (χ2v) is 2.13. The van der Waals surface area contributed by atoms with Crippen molar-refractivity contribution in [1.29, 1.82) is 5.26 Å². The first-order valence-electron chi connectivity index (χ1n) is 1.90. The predicted molar refractivity (Wildman–Crippen MR) is 29.3 cm³/mol. The molecule has 0 atom stereocenters. The average Bonchev–Trinajstić information content (AvgIpc) is 2.14. The van der Waals surface area contributed by atoms with Crippen molar-refractivity contribution in [2.45, 2.75) is 0 Å². The number of hydrogen-bond donors (Lipinski definition) is 1. The van der Waals surface area contributed by atoms with Gasteiger partial charge in [-0.3, -0.25) is 0 Å². The van der Waals surface area contributed by atoms with Crippen LogP contribution in [0.5, 0.6) is 0 Å². The van der Waals surface area contributed by atoms with Crippen LogP contribution in [0.3, 0.4) is 0 Å². The summed E-state index contributed by atoms with van der Waals surface area (Å²) in [4.78, 5) is 0.778. The van der Waals surface area contributed by atoms with E-state index in [1.807, 2.05) is 6.07 Å². The normalized spacial score (nSPS) is 17.3. The smallest absolute Gasteiger partial charge is 0.108 e. The maximum absolute atomic E-state index is 8.19. The van der Waals surface area contributed by atoms with Crippen molar-refractivity contribution in [3.05, 3.63) is 11.1 Å². The molecule has 36 valence electrons. The maximum atomic E-state index is 8.19. The zero-order valence-electron chi connectivity index (χ0n) is 3.64. The summed E-state index contributed by atoms with van der Waals surface area (Å²) < 4.78 is 0. The van der Waals surface area contributed by atoms with E-state index in [2.05, 4.69) is 5.32 Å². The molecule has 0 fully saturated rings. The Morgan fingerprint density at radius 1 is 2.00 bits per heavy atom. The summed E-state index contributed by atoms with van der Waals surface area (Å²) in [6.45, 7) is 0. The topological polar surface area (TPSA) is 35.8 Å². The molecule has 1 heterocycles. The van der Waals surface area contributed by atoms with Crippen LogP contribution >= 0.6 is 11.8 Å². The van der Waals surface area contributed by atoms with Gasteiger partial charge in [-0.05, 0) is 0 Å². The number of nitriles is 1. The molecule has 1 N–H and O–H groups in total. The molecule has 0 aromatic carbocycles. The molecule has 0 unspecified atom stereocenters. The van der Waals surface area contributed by atoms with Crippen molar-refractivity contribution in [2.24, 2.45) is 0 Å². The largest absolute Gasteiger partial charge is 0.380 e. The van der Waals surface area contributed by atoms with E-state index < -0.39 is 0 Å². The van der Waals surface area contributed by atoms with Crippen molar-refractivity contribution in [2.75, 3.05) is 5.88 Å². The van der Waals surface area contributed by atoms with Crippen LogP contribution in [0.1, 0.15) is 0 Å². The summed E-state index contributed by atoms with van der Waals surface area (Å²) in [5.74, 6) is 0.850. The van der Waals surface area contributed by atoms with Gasteiger partial charge in [-0.25, -0.2) is 0 Å². The molecule has 0 radical (unpaired) electrons. The SMILES string of the molecule is N#CC1=CNCS1. The Hall–Kier alpha value is -0.620. The number of nitrogens with zero attached hydrogens (tertiary/aromatic N) is 1. The minimum atomic E-state index is 0.778. The Bertz CT molecular complexity index is 133. The third-order valence-electron chi connectivity index (χ3n) is 0.654. The van der Waals surface area contributed by atoms with E-state index in [1.54, 1.807) is 6.20 Å². The molecule has 0 aromatic rings. The van der Waals surface area contributed by atoms with Crippen LogP contribution in [0.2, 0.25) is 0 Å². The number of rotatable bonds is 0. The van der Waals surface area contributed by atoms with Crippen molar-refractivity contribution in [3.8, 4) is 6.07 Å². The van der Waals surface area contributed by atoms with E-state index in [1.165, 1.54) is 11.8 Å². The summed E-state index contributed by atoms with van der Waals surface area (Å²) in [5, 5.41) is 11.1. The average molecular weight is 112 g/mol. The molecule has 2 nitrogen and oxygen atoms in total. The molecule has 0 saturated carbocycles. The molecule has 0 aliphatic carbocycles. The molecule has 0 spiro atoms. The van der Waals surface area contributed by atoms with Crippen molar-refractivity contribution in [3.63, 3.8) is 0 Å². The third-order valence-corrected chi connectivity index (χ3v) is 1.49. The Morgan fingerprint density at radius 2 is 2.86 bits per heavy atom. The Kier molecular flexibility index (Phi) is 1.23. The first-order chi connectivity index (χ1) is 3.43. The molecule has 0 saturated heterocycles. The first kappa shape index (κ1) is 4.54. The second kappa shape index (κ2) is 1.90. The molecule has 0 bridgehead atoms. The van der Waals surface area contributed by atoms with Crippen LogP contribution < -0.4 is 5.32 Å². The number of thioether (sulfide) groups is 1. The van der Waals surface area contributed by atoms with E-state index in [0.29, 0.717) is 0 Å². The fraction of sp³-hybridized carbons (Fsp3) is 0.250. The molecular weight excluding hydrogens is 108 g/mol. The van der Waals surface area contributed by atoms with Gasteiger partial charge >= 0.3 is 0 Å². The molecule has 1 aliphatic rings. The number of allylic oxidation sites excluding steroid dienone is 1. The van der Waals surface area contributed by atoms with Gasteiger partial charge in [0.2, 0.25) is 0 Å². The highest BCUT2D eigenvalue weighted by Gasteiger charge is 1.99. The molecule has 0 amide bonds. The lowest BCUT2D eigenvalue weighted by Crippen LogP contribution is -1.93. The van der Waals surface area contributed by atoms with E-state index in [4.69, 9.17) is 5.26 Å². The lowest BCUT2D eigenvalue weighted by molar-refractivity contribution is 1.08. The van der Waals surface area contributed by atoms with Crippen LogP contribution in [0.25, 0.3) is 0 Å². The summed E-state index contributed by atoms with van der Waals surface area (Å²) in [7, 11) is 0. The molecule has 0 aromatic heterocycles. The van der Waals surface area contributed by atoms with Crippen LogP contribution in [0.15, 0.2) is 11.1 Å². The van der Waals surface area contributed by atoms with Crippen LogP contribution in [0.4, 0.5) is 0 Å². The van der Waals surface area contributed by atoms with Crippen LogP contribution in [-0.4, -0.2) is 5.88 Å². The van der Waals surface area contributed by atoms with Gasteiger partial charge in [0.25, 0.3) is 0 Å². The Morgan fingerprint density at radius 3 is 3.14 bits per heavy atom. The van der Waals surface area contributed by atoms with E-state index >= 15 is 0 Å². The Balaban J connectivity index is 2.57. The fourth-order valence-electron chi connectivity index (χ4n) is 0.360. The van der Waals surface area contributed by atoms with Crippen molar-refractivity contribution in [1.82, 2.24) is 5.32 Å². The highest BCUT2D eigenvalue weighted by Crippen LogP contribution is 2.15. The van der Waals surface area contributed by atoms with E-state index in [9.17, 15) is 0 Å². The lowest BCUT2D eigenvalue weighted by atomic mass is 10.7. The third kappa shape index (κ3) is 0.875. The minimum absolute atomic E-state index is 0.778. The highest BCUT2D eigenvalue weighted by molar-refractivity contribution is 8.03. The van der Waals surface area contributed by atoms with Gasteiger partial charge in [0, 0.05) is 6.20 Å². The summed E-state index contributed by atoms with van der Waals surface area (Å²) in [6.07, 6.45) is 1.73. The Labute approximate surface area is 46.2 Å². The fourth-order valence-corrected chi connectivity index (χ4v) is 0.913. The summed E-state index contributed by atoms with van der Waals surface area (Å²) in [6, 6.07) is 2.03. The highest BCUT2D eigenvalue weighted by atomic mass is 32.2. The van der Waals surface area contributed by atoms with Crippen LogP contribution in [-0.2, 0) is 0 Å². The monoisotopic (exact) mass is 112 g/mol. The summed E-state index contributed by atoms with van der Waals surface area (Å²) in [5.41, 5.74) is 0. The zero-order chi connectivity index (χ0) is 5.11. The predicted octanol–water partition coefficient (Wildman–Crippen LogP) is 0.645. The number of hydrogen-bond acceptors (Lipinski definition) is 3. The van der Waals surface area contributed by atoms with Crippen LogP contribution in [0, 0.1) is 11.3 Å².